The Hall–Kier alpha value is -6.39. The Morgan fingerprint density at radius 2 is 1.27 bits per heavy atom. The van der Waals surface area contributed by atoms with Gasteiger partial charge in [-0.15, -0.1) is 0 Å². The number of hydrogen-bond donors (Lipinski definition) is 5. The van der Waals surface area contributed by atoms with Gasteiger partial charge in [-0.05, 0) is 75.2 Å². The van der Waals surface area contributed by atoms with Gasteiger partial charge in [-0.25, -0.2) is 23.3 Å². The molecule has 0 saturated carbocycles. The highest BCUT2D eigenvalue weighted by Crippen LogP contribution is 2.27. The quantitative estimate of drug-likeness (QED) is 0.0893. The van der Waals surface area contributed by atoms with Crippen molar-refractivity contribution < 1.29 is 44.8 Å². The predicted molar refractivity (Wildman–Crippen MR) is 214 cm³/mol. The predicted octanol–water partition coefficient (Wildman–Crippen LogP) is 2.60. The summed E-state index contributed by atoms with van der Waals surface area (Å²) >= 11 is 0. The van der Waals surface area contributed by atoms with Crippen LogP contribution in [0, 0.1) is 25.5 Å². The van der Waals surface area contributed by atoms with Crippen molar-refractivity contribution in [1.29, 1.82) is 0 Å². The third-order valence-corrected chi connectivity index (χ3v) is 11.8. The van der Waals surface area contributed by atoms with Crippen molar-refractivity contribution in [3.05, 3.63) is 94.4 Å². The highest BCUT2D eigenvalue weighted by Gasteiger charge is 2.38. The molecule has 2 fully saturated rings. The Bertz CT molecular complexity index is 2460. The molecule has 7 N–H and O–H groups in total. The van der Waals surface area contributed by atoms with Crippen molar-refractivity contribution in [2.45, 2.75) is 51.6 Å². The molecular formula is C38H45F2N12O7S+. The number of hydrogen-bond acceptors (Lipinski definition) is 17. The Kier molecular flexibility index (Phi) is 13.4. The summed E-state index contributed by atoms with van der Waals surface area (Å²) in [7, 11) is -1.00. The van der Waals surface area contributed by atoms with E-state index in [9.17, 15) is 26.8 Å². The zero-order chi connectivity index (χ0) is 43.1. The van der Waals surface area contributed by atoms with Crippen molar-refractivity contribution >= 4 is 45.3 Å². The van der Waals surface area contributed by atoms with E-state index < -0.39 is 33.4 Å². The second-order valence-corrected chi connectivity index (χ2v) is 15.6. The maximum absolute atomic E-state index is 13.7. The smallest absolute Gasteiger partial charge is 0.382 e. The number of benzene rings is 2. The van der Waals surface area contributed by atoms with Crippen LogP contribution < -0.4 is 40.9 Å². The minimum Gasteiger partial charge on any atom is -0.496 e. The molecule has 22 heteroatoms. The fourth-order valence-electron chi connectivity index (χ4n) is 6.73. The summed E-state index contributed by atoms with van der Waals surface area (Å²) in [5.74, 6) is -0.731. The minimum absolute atomic E-state index is 0.00764. The fourth-order valence-corrected chi connectivity index (χ4v) is 8.35. The summed E-state index contributed by atoms with van der Waals surface area (Å²) in [6.07, 6.45) is 5.54. The van der Waals surface area contributed by atoms with E-state index in [2.05, 4.69) is 41.0 Å². The first-order chi connectivity index (χ1) is 28.7. The number of nitrogens with two attached hydrogens (primary N) is 2. The first kappa shape index (κ1) is 43.2. The first-order valence-electron chi connectivity index (χ1n) is 18.8. The number of aromatic nitrogens is 6. The Morgan fingerprint density at radius 1 is 0.800 bits per heavy atom. The van der Waals surface area contributed by atoms with Crippen molar-refractivity contribution in [2.24, 2.45) is 0 Å². The van der Waals surface area contributed by atoms with Crippen LogP contribution in [0.5, 0.6) is 11.5 Å². The van der Waals surface area contributed by atoms with Crippen molar-refractivity contribution in [1.82, 2.24) is 34.7 Å². The minimum atomic E-state index is -3.79. The number of ketones is 2. The average molecular weight is 852 g/mol. The number of carbonyl (C=O) groups is 2. The summed E-state index contributed by atoms with van der Waals surface area (Å²) in [5, 5.41) is 13.3. The lowest BCUT2D eigenvalue weighted by Gasteiger charge is -2.30. The van der Waals surface area contributed by atoms with Crippen molar-refractivity contribution in [3.63, 3.8) is 0 Å². The van der Waals surface area contributed by atoms with Gasteiger partial charge in [-0.1, -0.05) is 3.97 Å². The molecule has 3 aromatic heterocycles. The first-order valence-corrected chi connectivity index (χ1v) is 20.2. The number of nitrogen functional groups attached to an aromatic ring is 2. The van der Waals surface area contributed by atoms with Crippen LogP contribution in [0.1, 0.15) is 69.2 Å². The standard InChI is InChI=1S/C21H24FN7O5S.C17H20FN5O2/c1-12-27-34-13(2)29(12)35(31,32)28-8-6-15(7-9-28)25-21-24-11-17(20(23)26-21)19(30)16-10-14(22)4-5-18(16)33-3;1-25-14-3-2-10(18)8-12(14)15(24)13-9-21-17(23-16(13)19)22-11-4-6-20-7-5-11/h4-5,10-11,15H,6-9H2,1-3H3,(H2-,23,24,25,26,30);2-3,8-9,11,20H,4-7H2,1H3,(H3,19,21,22,23)/p+1. The van der Waals surface area contributed by atoms with E-state index >= 15 is 0 Å². The van der Waals surface area contributed by atoms with Crippen LogP contribution in [0.15, 0.2) is 53.3 Å². The molecule has 318 valence electrons. The van der Waals surface area contributed by atoms with Crippen LogP contribution in [0.3, 0.4) is 0 Å². The molecule has 7 rings (SSSR count). The van der Waals surface area contributed by atoms with Gasteiger partial charge in [0.25, 0.3) is 0 Å². The highest BCUT2D eigenvalue weighted by atomic mass is 32.2. The van der Waals surface area contributed by atoms with Gasteiger partial charge in [0.1, 0.15) is 34.8 Å². The second kappa shape index (κ2) is 18.7. The van der Waals surface area contributed by atoms with Gasteiger partial charge in [0.2, 0.25) is 23.5 Å². The van der Waals surface area contributed by atoms with Crippen LogP contribution in [0.2, 0.25) is 0 Å². The van der Waals surface area contributed by atoms with Gasteiger partial charge in [0.15, 0.2) is 5.16 Å². The van der Waals surface area contributed by atoms with Gasteiger partial charge in [0, 0.05) is 51.4 Å². The molecule has 0 spiro atoms. The van der Waals surface area contributed by atoms with E-state index in [0.29, 0.717) is 18.8 Å². The number of halogens is 2. The van der Waals surface area contributed by atoms with Crippen LogP contribution in [0.25, 0.3) is 0 Å². The lowest BCUT2D eigenvalue weighted by Crippen LogP contribution is -2.57. The third kappa shape index (κ3) is 9.72. The lowest BCUT2D eigenvalue weighted by atomic mass is 10.0. The SMILES string of the molecule is COc1ccc(F)cc1C(=O)c1cnc(NC2CCN(S(=O)(=O)[n+]3c(C)noc3C)CC2)nc1N.COc1ccc(F)cc1C(=O)c1cnc(NC2CCNCC2)nc1N. The number of methoxy groups -OCH3 is 2. The monoisotopic (exact) mass is 851 g/mol. The van der Waals surface area contributed by atoms with E-state index in [-0.39, 0.29) is 88.2 Å². The van der Waals surface area contributed by atoms with Gasteiger partial charge in [-0.3, -0.25) is 9.59 Å². The molecule has 60 heavy (non-hydrogen) atoms. The molecule has 5 heterocycles. The number of nitrogens with zero attached hydrogens (tertiary/aromatic N) is 7. The van der Waals surface area contributed by atoms with Gasteiger partial charge in [0.05, 0.1) is 36.5 Å². The Labute approximate surface area is 344 Å². The molecule has 19 nitrogen and oxygen atoms in total. The number of ether oxygens (including phenoxy) is 2. The number of piperidine rings is 2. The molecular weight excluding hydrogens is 807 g/mol. The molecule has 2 aromatic carbocycles. The average Bonchev–Trinajstić information content (AvgIpc) is 3.59. The summed E-state index contributed by atoms with van der Waals surface area (Å²) < 4.78 is 70.7. The maximum atomic E-state index is 13.7. The van der Waals surface area contributed by atoms with Crippen LogP contribution >= 0.6 is 0 Å². The lowest BCUT2D eigenvalue weighted by molar-refractivity contribution is -0.536. The summed E-state index contributed by atoms with van der Waals surface area (Å²) in [5.41, 5.74) is 12.1. The summed E-state index contributed by atoms with van der Waals surface area (Å²) in [6, 6.07) is 7.50. The molecule has 0 aliphatic carbocycles. The van der Waals surface area contributed by atoms with Gasteiger partial charge >= 0.3 is 21.9 Å². The topological polar surface area (TPSA) is 260 Å². The molecule has 0 amide bonds. The Morgan fingerprint density at radius 3 is 1.68 bits per heavy atom. The van der Waals surface area contributed by atoms with Crippen LogP contribution in [-0.2, 0) is 10.2 Å². The fraction of sp³-hybridized carbons (Fsp3) is 0.368. The second-order valence-electron chi connectivity index (χ2n) is 13.8. The number of carbonyl (C=O) groups excluding carboxylic acids is 2. The molecule has 2 aliphatic heterocycles. The molecule has 0 bridgehead atoms. The van der Waals surface area contributed by atoms with Gasteiger partial charge < -0.3 is 36.9 Å². The molecule has 0 radical (unpaired) electrons. The largest absolute Gasteiger partial charge is 0.496 e. The van der Waals surface area contributed by atoms with E-state index in [4.69, 9.17) is 25.5 Å². The van der Waals surface area contributed by atoms with E-state index in [1.54, 1.807) is 6.92 Å². The number of aryl methyl sites for hydroxylation is 2. The maximum Gasteiger partial charge on any atom is 0.382 e. The van der Waals surface area contributed by atoms with Gasteiger partial charge in [-0.2, -0.15) is 22.7 Å². The molecule has 2 aliphatic rings. The third-order valence-electron chi connectivity index (χ3n) is 9.84. The number of nitrogens with one attached hydrogen (secondary N) is 3. The van der Waals surface area contributed by atoms with Crippen molar-refractivity contribution in [2.75, 3.05) is 62.5 Å². The Balaban J connectivity index is 0.000000213. The van der Waals surface area contributed by atoms with Crippen LogP contribution in [-0.4, -0.2) is 102 Å². The molecule has 0 atom stereocenters. The normalized spacial score (nSPS) is 15.1. The number of rotatable bonds is 12. The molecule has 0 unspecified atom stereocenters. The van der Waals surface area contributed by atoms with Crippen molar-refractivity contribution in [3.8, 4) is 11.5 Å². The molecule has 2 saturated heterocycles. The number of anilines is 4. The summed E-state index contributed by atoms with van der Waals surface area (Å²) in [4.78, 5) is 42.2. The van der Waals surface area contributed by atoms with E-state index in [0.717, 1.165) is 42.0 Å². The van der Waals surface area contributed by atoms with E-state index in [1.165, 1.54) is 62.1 Å². The van der Waals surface area contributed by atoms with E-state index in [1.807, 2.05) is 0 Å². The molecule has 5 aromatic rings. The summed E-state index contributed by atoms with van der Waals surface area (Å²) in [6.45, 7) is 5.49. The zero-order valence-corrected chi connectivity index (χ0v) is 34.1. The van der Waals surface area contributed by atoms with Crippen LogP contribution in [0.4, 0.5) is 32.3 Å². The zero-order valence-electron chi connectivity index (χ0n) is 33.2. The highest BCUT2D eigenvalue weighted by molar-refractivity contribution is 7.82.